The minimum absolute atomic E-state index is 0.0505. The monoisotopic (exact) mass is 290 g/mol. The molecule has 1 atom stereocenters. The molecule has 0 fully saturated rings. The van der Waals surface area contributed by atoms with Crippen molar-refractivity contribution < 1.29 is 4.39 Å². The SMILES string of the molecule is CCCNC(Cc1cc(C)nn1CC)c1cncc(F)c1. The summed E-state index contributed by atoms with van der Waals surface area (Å²) >= 11 is 0. The summed E-state index contributed by atoms with van der Waals surface area (Å²) in [6.07, 6.45) is 4.78. The number of nitrogens with zero attached hydrogens (tertiary/aromatic N) is 3. The number of rotatable bonds is 7. The van der Waals surface area contributed by atoms with Crippen LogP contribution in [0.5, 0.6) is 0 Å². The molecule has 114 valence electrons. The van der Waals surface area contributed by atoms with Crippen molar-refractivity contribution in [2.75, 3.05) is 6.54 Å². The molecule has 0 aliphatic carbocycles. The zero-order valence-electron chi connectivity index (χ0n) is 12.9. The number of hydrogen-bond acceptors (Lipinski definition) is 3. The van der Waals surface area contributed by atoms with Crippen molar-refractivity contribution in [1.29, 1.82) is 0 Å². The van der Waals surface area contributed by atoms with E-state index in [1.165, 1.54) is 6.20 Å². The highest BCUT2D eigenvalue weighted by Crippen LogP contribution is 2.19. The normalized spacial score (nSPS) is 12.6. The third-order valence-electron chi connectivity index (χ3n) is 3.47. The number of halogens is 1. The topological polar surface area (TPSA) is 42.7 Å². The summed E-state index contributed by atoms with van der Waals surface area (Å²) in [6.45, 7) is 7.92. The molecule has 0 amide bonds. The van der Waals surface area contributed by atoms with Crippen LogP contribution in [0.1, 0.15) is 43.3 Å². The maximum atomic E-state index is 13.4. The molecule has 5 heteroatoms. The Balaban J connectivity index is 2.23. The number of nitrogens with one attached hydrogen (secondary N) is 1. The molecular weight excluding hydrogens is 267 g/mol. The van der Waals surface area contributed by atoms with Crippen LogP contribution in [0, 0.1) is 12.7 Å². The molecule has 2 aromatic heterocycles. The van der Waals surface area contributed by atoms with Crippen LogP contribution in [-0.2, 0) is 13.0 Å². The summed E-state index contributed by atoms with van der Waals surface area (Å²) < 4.78 is 15.4. The summed E-state index contributed by atoms with van der Waals surface area (Å²) in [5.74, 6) is -0.295. The summed E-state index contributed by atoms with van der Waals surface area (Å²) in [7, 11) is 0. The number of aryl methyl sites for hydroxylation is 2. The van der Waals surface area contributed by atoms with Gasteiger partial charge in [0.25, 0.3) is 0 Å². The van der Waals surface area contributed by atoms with Gasteiger partial charge in [0, 0.05) is 30.9 Å². The molecule has 1 N–H and O–H groups in total. The Hall–Kier alpha value is -1.75. The van der Waals surface area contributed by atoms with Gasteiger partial charge in [-0.1, -0.05) is 6.92 Å². The predicted octanol–water partition coefficient (Wildman–Crippen LogP) is 3.03. The lowest BCUT2D eigenvalue weighted by molar-refractivity contribution is 0.497. The van der Waals surface area contributed by atoms with Gasteiger partial charge >= 0.3 is 0 Å². The van der Waals surface area contributed by atoms with E-state index in [-0.39, 0.29) is 11.9 Å². The van der Waals surface area contributed by atoms with Gasteiger partial charge in [-0.3, -0.25) is 9.67 Å². The fourth-order valence-electron chi connectivity index (χ4n) is 2.49. The Bertz CT molecular complexity index is 579. The van der Waals surface area contributed by atoms with Crippen molar-refractivity contribution in [3.63, 3.8) is 0 Å². The van der Waals surface area contributed by atoms with E-state index in [1.54, 1.807) is 12.3 Å². The van der Waals surface area contributed by atoms with Crippen molar-refractivity contribution >= 4 is 0 Å². The Kier molecular flexibility index (Phi) is 5.44. The first-order valence-corrected chi connectivity index (χ1v) is 7.51. The van der Waals surface area contributed by atoms with E-state index in [1.807, 2.05) is 11.6 Å². The Morgan fingerprint density at radius 1 is 1.29 bits per heavy atom. The van der Waals surface area contributed by atoms with Crippen LogP contribution >= 0.6 is 0 Å². The molecule has 0 spiro atoms. The molecule has 0 saturated heterocycles. The second-order valence-corrected chi connectivity index (χ2v) is 5.24. The van der Waals surface area contributed by atoms with Crippen LogP contribution in [0.4, 0.5) is 4.39 Å². The van der Waals surface area contributed by atoms with Gasteiger partial charge in [0.1, 0.15) is 5.82 Å². The van der Waals surface area contributed by atoms with Crippen LogP contribution in [0.25, 0.3) is 0 Å². The summed E-state index contributed by atoms with van der Waals surface area (Å²) in [5.41, 5.74) is 3.05. The Labute approximate surface area is 125 Å². The van der Waals surface area contributed by atoms with Gasteiger partial charge in [-0.2, -0.15) is 5.10 Å². The number of hydrogen-bond donors (Lipinski definition) is 1. The molecule has 21 heavy (non-hydrogen) atoms. The summed E-state index contributed by atoms with van der Waals surface area (Å²) in [4.78, 5) is 3.97. The molecule has 0 aliphatic rings. The summed E-state index contributed by atoms with van der Waals surface area (Å²) in [6, 6.07) is 3.70. The van der Waals surface area contributed by atoms with E-state index in [9.17, 15) is 4.39 Å². The highest BCUT2D eigenvalue weighted by molar-refractivity contribution is 5.19. The van der Waals surface area contributed by atoms with Gasteiger partial charge in [-0.05, 0) is 44.5 Å². The maximum Gasteiger partial charge on any atom is 0.141 e. The molecule has 2 heterocycles. The molecule has 0 radical (unpaired) electrons. The van der Waals surface area contributed by atoms with Crippen LogP contribution in [0.2, 0.25) is 0 Å². The number of pyridine rings is 1. The quantitative estimate of drug-likeness (QED) is 0.852. The van der Waals surface area contributed by atoms with E-state index in [0.717, 1.165) is 42.9 Å². The van der Waals surface area contributed by atoms with Crippen LogP contribution in [0.3, 0.4) is 0 Å². The van der Waals surface area contributed by atoms with Crippen molar-refractivity contribution in [3.05, 3.63) is 47.3 Å². The molecule has 0 aliphatic heterocycles. The molecule has 0 bridgehead atoms. The van der Waals surface area contributed by atoms with Gasteiger partial charge < -0.3 is 5.32 Å². The minimum Gasteiger partial charge on any atom is -0.310 e. The second-order valence-electron chi connectivity index (χ2n) is 5.24. The van der Waals surface area contributed by atoms with E-state index in [2.05, 4.69) is 35.3 Å². The predicted molar refractivity (Wildman–Crippen MR) is 81.6 cm³/mol. The average molecular weight is 290 g/mol. The highest BCUT2D eigenvalue weighted by Gasteiger charge is 2.16. The van der Waals surface area contributed by atoms with E-state index in [0.29, 0.717) is 0 Å². The summed E-state index contributed by atoms with van der Waals surface area (Å²) in [5, 5.41) is 7.95. The zero-order valence-corrected chi connectivity index (χ0v) is 12.9. The first kappa shape index (κ1) is 15.6. The largest absolute Gasteiger partial charge is 0.310 e. The van der Waals surface area contributed by atoms with Crippen LogP contribution in [0.15, 0.2) is 24.5 Å². The Morgan fingerprint density at radius 3 is 2.76 bits per heavy atom. The molecule has 4 nitrogen and oxygen atoms in total. The van der Waals surface area contributed by atoms with Gasteiger partial charge in [-0.25, -0.2) is 4.39 Å². The third-order valence-corrected chi connectivity index (χ3v) is 3.47. The smallest absolute Gasteiger partial charge is 0.141 e. The van der Waals surface area contributed by atoms with Gasteiger partial charge in [0.2, 0.25) is 0 Å². The Morgan fingerprint density at radius 2 is 2.10 bits per heavy atom. The molecular formula is C16H23FN4. The van der Waals surface area contributed by atoms with Crippen molar-refractivity contribution in [1.82, 2.24) is 20.1 Å². The van der Waals surface area contributed by atoms with E-state index < -0.39 is 0 Å². The fraction of sp³-hybridized carbons (Fsp3) is 0.500. The van der Waals surface area contributed by atoms with Crippen LogP contribution in [-0.4, -0.2) is 21.3 Å². The highest BCUT2D eigenvalue weighted by atomic mass is 19.1. The van der Waals surface area contributed by atoms with E-state index in [4.69, 9.17) is 0 Å². The maximum absolute atomic E-state index is 13.4. The lowest BCUT2D eigenvalue weighted by atomic mass is 10.0. The first-order chi connectivity index (χ1) is 10.1. The third kappa shape index (κ3) is 4.11. The molecule has 0 saturated carbocycles. The van der Waals surface area contributed by atoms with Crippen molar-refractivity contribution in [2.24, 2.45) is 0 Å². The van der Waals surface area contributed by atoms with Crippen LogP contribution < -0.4 is 5.32 Å². The van der Waals surface area contributed by atoms with Gasteiger partial charge in [-0.15, -0.1) is 0 Å². The lowest BCUT2D eigenvalue weighted by Gasteiger charge is -2.19. The lowest BCUT2D eigenvalue weighted by Crippen LogP contribution is -2.25. The second kappa shape index (κ2) is 7.31. The first-order valence-electron chi connectivity index (χ1n) is 7.51. The molecule has 0 aromatic carbocycles. The van der Waals surface area contributed by atoms with Crippen molar-refractivity contribution in [2.45, 2.75) is 46.2 Å². The minimum atomic E-state index is -0.295. The standard InChI is InChI=1S/C16H23FN4/c1-4-6-19-16(13-8-14(17)11-18-10-13)9-15-7-12(3)20-21(15)5-2/h7-8,10-11,16,19H,4-6,9H2,1-3H3. The fourth-order valence-corrected chi connectivity index (χ4v) is 2.49. The molecule has 1 unspecified atom stereocenters. The van der Waals surface area contributed by atoms with Gasteiger partial charge in [0.05, 0.1) is 11.9 Å². The van der Waals surface area contributed by atoms with E-state index >= 15 is 0 Å². The van der Waals surface area contributed by atoms with Crippen molar-refractivity contribution in [3.8, 4) is 0 Å². The molecule has 2 aromatic rings. The zero-order chi connectivity index (χ0) is 15.2. The molecule has 2 rings (SSSR count). The average Bonchev–Trinajstić information content (AvgIpc) is 2.83. The van der Waals surface area contributed by atoms with Gasteiger partial charge in [0.15, 0.2) is 0 Å². The number of aromatic nitrogens is 3.